The molecule has 1 atom stereocenters. The first-order chi connectivity index (χ1) is 7.58. The zero-order valence-electron chi connectivity index (χ0n) is 9.71. The highest BCUT2D eigenvalue weighted by Crippen LogP contribution is 2.35. The predicted molar refractivity (Wildman–Crippen MR) is 67.8 cm³/mol. The van der Waals surface area contributed by atoms with Crippen LogP contribution in [0.2, 0.25) is 0 Å². The summed E-state index contributed by atoms with van der Waals surface area (Å²) in [5.41, 5.74) is 1.15. The van der Waals surface area contributed by atoms with E-state index in [0.717, 1.165) is 22.5 Å². The third-order valence-corrected chi connectivity index (χ3v) is 4.17. The fourth-order valence-corrected chi connectivity index (χ4v) is 2.48. The molecule has 0 heterocycles. The molecule has 0 saturated heterocycles. The molecule has 1 fully saturated rings. The summed E-state index contributed by atoms with van der Waals surface area (Å²) in [6, 6.07) is 5.54. The molecule has 0 bridgehead atoms. The molecule has 88 valence electrons. The van der Waals surface area contributed by atoms with Crippen LogP contribution >= 0.6 is 15.9 Å². The molecule has 2 rings (SSSR count). The number of nitrogens with zero attached hydrogens (tertiary/aromatic N) is 1. The van der Waals surface area contributed by atoms with E-state index in [1.54, 1.807) is 0 Å². The molecule has 1 saturated carbocycles. The summed E-state index contributed by atoms with van der Waals surface area (Å²) in [5, 5.41) is 0. The summed E-state index contributed by atoms with van der Waals surface area (Å²) < 4.78 is 13.8. The fourth-order valence-electron chi connectivity index (χ4n) is 2.00. The Morgan fingerprint density at radius 1 is 1.50 bits per heavy atom. The lowest BCUT2D eigenvalue weighted by Gasteiger charge is -2.25. The average Bonchev–Trinajstić information content (AvgIpc) is 3.04. The van der Waals surface area contributed by atoms with Crippen molar-refractivity contribution in [2.75, 3.05) is 7.05 Å². The second-order valence-corrected chi connectivity index (χ2v) is 5.58. The minimum atomic E-state index is -0.187. The van der Waals surface area contributed by atoms with Crippen molar-refractivity contribution in [3.05, 3.63) is 34.1 Å². The normalized spacial score (nSPS) is 17.8. The largest absolute Gasteiger partial charge is 0.299 e. The van der Waals surface area contributed by atoms with Crippen molar-refractivity contribution in [1.82, 2.24) is 4.90 Å². The van der Waals surface area contributed by atoms with Crippen LogP contribution in [-0.4, -0.2) is 18.0 Å². The van der Waals surface area contributed by atoms with Gasteiger partial charge in [0.1, 0.15) is 5.82 Å². The van der Waals surface area contributed by atoms with Crippen molar-refractivity contribution in [2.24, 2.45) is 5.92 Å². The topological polar surface area (TPSA) is 3.24 Å². The molecule has 0 aliphatic heterocycles. The molecule has 3 heteroatoms. The molecule has 0 amide bonds. The van der Waals surface area contributed by atoms with Gasteiger partial charge in [-0.1, -0.05) is 22.0 Å². The third-order valence-electron chi connectivity index (χ3n) is 3.43. The van der Waals surface area contributed by atoms with Crippen LogP contribution in [0, 0.1) is 11.7 Å². The Kier molecular flexibility index (Phi) is 3.65. The SMILES string of the molecule is CC(C1CC1)N(C)Cc1ccc(F)cc1Br. The van der Waals surface area contributed by atoms with Crippen LogP contribution in [0.25, 0.3) is 0 Å². The zero-order chi connectivity index (χ0) is 11.7. The molecule has 16 heavy (non-hydrogen) atoms. The Bertz CT molecular complexity index is 376. The van der Waals surface area contributed by atoms with Gasteiger partial charge < -0.3 is 0 Å². The summed E-state index contributed by atoms with van der Waals surface area (Å²) in [5.74, 6) is 0.678. The summed E-state index contributed by atoms with van der Waals surface area (Å²) >= 11 is 3.41. The molecule has 0 N–H and O–H groups in total. The van der Waals surface area contributed by atoms with Crippen LogP contribution in [0.3, 0.4) is 0 Å². The highest BCUT2D eigenvalue weighted by molar-refractivity contribution is 9.10. The van der Waals surface area contributed by atoms with E-state index in [-0.39, 0.29) is 5.82 Å². The van der Waals surface area contributed by atoms with E-state index in [0.29, 0.717) is 6.04 Å². The van der Waals surface area contributed by atoms with Gasteiger partial charge in [0.15, 0.2) is 0 Å². The maximum absolute atomic E-state index is 12.9. The lowest BCUT2D eigenvalue weighted by Crippen LogP contribution is -2.30. The van der Waals surface area contributed by atoms with E-state index in [1.165, 1.54) is 25.0 Å². The van der Waals surface area contributed by atoms with Crippen molar-refractivity contribution in [2.45, 2.75) is 32.4 Å². The smallest absolute Gasteiger partial charge is 0.124 e. The lowest BCUT2D eigenvalue weighted by molar-refractivity contribution is 0.226. The minimum Gasteiger partial charge on any atom is -0.299 e. The van der Waals surface area contributed by atoms with Gasteiger partial charge in [0.25, 0.3) is 0 Å². The molecule has 1 aliphatic rings. The van der Waals surface area contributed by atoms with E-state index < -0.39 is 0 Å². The number of hydrogen-bond donors (Lipinski definition) is 0. The summed E-state index contributed by atoms with van der Waals surface area (Å²) in [7, 11) is 2.14. The van der Waals surface area contributed by atoms with Gasteiger partial charge in [-0.15, -0.1) is 0 Å². The summed E-state index contributed by atoms with van der Waals surface area (Å²) in [4.78, 5) is 2.34. The minimum absolute atomic E-state index is 0.187. The Morgan fingerprint density at radius 2 is 2.19 bits per heavy atom. The number of benzene rings is 1. The Balaban J connectivity index is 2.02. The van der Waals surface area contributed by atoms with Crippen LogP contribution in [0.1, 0.15) is 25.3 Å². The van der Waals surface area contributed by atoms with Gasteiger partial charge in [0.2, 0.25) is 0 Å². The number of hydrogen-bond acceptors (Lipinski definition) is 1. The van der Waals surface area contributed by atoms with Gasteiger partial charge in [-0.2, -0.15) is 0 Å². The van der Waals surface area contributed by atoms with Gasteiger partial charge in [0, 0.05) is 17.1 Å². The van der Waals surface area contributed by atoms with Gasteiger partial charge in [-0.25, -0.2) is 4.39 Å². The van der Waals surface area contributed by atoms with Crippen LogP contribution in [0.4, 0.5) is 4.39 Å². The van der Waals surface area contributed by atoms with Crippen LogP contribution < -0.4 is 0 Å². The van der Waals surface area contributed by atoms with Gasteiger partial charge in [0.05, 0.1) is 0 Å². The molecule has 1 aliphatic carbocycles. The average molecular weight is 286 g/mol. The van der Waals surface area contributed by atoms with Crippen molar-refractivity contribution in [1.29, 1.82) is 0 Å². The first-order valence-electron chi connectivity index (χ1n) is 5.72. The molecular formula is C13H17BrFN. The maximum Gasteiger partial charge on any atom is 0.124 e. The van der Waals surface area contributed by atoms with Crippen LogP contribution in [0.15, 0.2) is 22.7 Å². The van der Waals surface area contributed by atoms with Gasteiger partial charge >= 0.3 is 0 Å². The molecule has 1 nitrogen and oxygen atoms in total. The zero-order valence-corrected chi connectivity index (χ0v) is 11.3. The molecule has 0 aromatic heterocycles. The lowest BCUT2D eigenvalue weighted by atomic mass is 10.1. The highest BCUT2D eigenvalue weighted by Gasteiger charge is 2.30. The van der Waals surface area contributed by atoms with Crippen LogP contribution in [-0.2, 0) is 6.54 Å². The maximum atomic E-state index is 12.9. The van der Waals surface area contributed by atoms with E-state index in [4.69, 9.17) is 0 Å². The van der Waals surface area contributed by atoms with E-state index in [9.17, 15) is 4.39 Å². The Hall–Kier alpha value is -0.410. The molecular weight excluding hydrogens is 269 g/mol. The highest BCUT2D eigenvalue weighted by atomic mass is 79.9. The first kappa shape index (κ1) is 12.1. The van der Waals surface area contributed by atoms with E-state index in [1.807, 2.05) is 6.07 Å². The molecule has 0 radical (unpaired) electrons. The number of halogens is 2. The second-order valence-electron chi connectivity index (χ2n) is 4.73. The summed E-state index contributed by atoms with van der Waals surface area (Å²) in [6.45, 7) is 3.15. The van der Waals surface area contributed by atoms with E-state index in [2.05, 4.69) is 34.8 Å². The van der Waals surface area contributed by atoms with Crippen molar-refractivity contribution >= 4 is 15.9 Å². The van der Waals surface area contributed by atoms with E-state index >= 15 is 0 Å². The second kappa shape index (κ2) is 4.84. The third kappa shape index (κ3) is 2.83. The van der Waals surface area contributed by atoms with Crippen LogP contribution in [0.5, 0.6) is 0 Å². The quantitative estimate of drug-likeness (QED) is 0.813. The van der Waals surface area contributed by atoms with Crippen molar-refractivity contribution in [3.63, 3.8) is 0 Å². The number of rotatable bonds is 4. The van der Waals surface area contributed by atoms with Gasteiger partial charge in [-0.05, 0) is 50.4 Å². The van der Waals surface area contributed by atoms with Crippen molar-refractivity contribution in [3.8, 4) is 0 Å². The standard InChI is InChI=1S/C13H17BrFN/c1-9(10-3-4-10)16(2)8-11-5-6-12(15)7-13(11)14/h5-7,9-10H,3-4,8H2,1-2H3. The first-order valence-corrected chi connectivity index (χ1v) is 6.51. The fraction of sp³-hybridized carbons (Fsp3) is 0.538. The molecule has 1 aromatic rings. The van der Waals surface area contributed by atoms with Crippen molar-refractivity contribution < 1.29 is 4.39 Å². The predicted octanol–water partition coefficient (Wildman–Crippen LogP) is 3.82. The molecule has 0 spiro atoms. The molecule has 1 unspecified atom stereocenters. The molecule has 1 aromatic carbocycles. The Labute approximate surface area is 105 Å². The monoisotopic (exact) mass is 285 g/mol. The van der Waals surface area contributed by atoms with Gasteiger partial charge in [-0.3, -0.25) is 4.90 Å². The Morgan fingerprint density at radius 3 is 2.75 bits per heavy atom. The summed E-state index contributed by atoms with van der Waals surface area (Å²) in [6.07, 6.45) is 2.71.